The molecule has 3 rings (SSSR count). The second kappa shape index (κ2) is 12.0. The summed E-state index contributed by atoms with van der Waals surface area (Å²) in [6.45, 7) is 17.8. The Morgan fingerprint density at radius 1 is 1.17 bits per heavy atom. The monoisotopic (exact) mass is 563 g/mol. The summed E-state index contributed by atoms with van der Waals surface area (Å²) in [7, 11) is -1.98. The molecule has 0 aliphatic carbocycles. The van der Waals surface area contributed by atoms with Crippen LogP contribution >= 0.6 is 15.9 Å². The molecular weight excluding hydrogens is 521 g/mol. The Morgan fingerprint density at radius 3 is 2.54 bits per heavy atom. The van der Waals surface area contributed by atoms with Crippen molar-refractivity contribution in [3.8, 4) is 0 Å². The van der Waals surface area contributed by atoms with Crippen LogP contribution in [0.15, 0.2) is 46.9 Å². The van der Waals surface area contributed by atoms with E-state index in [0.717, 1.165) is 41.5 Å². The Bertz CT molecular complexity index is 977. The fraction of sp³-hybridized carbons (Fsp3) is 0.586. The van der Waals surface area contributed by atoms with E-state index in [1.807, 2.05) is 25.1 Å². The van der Waals surface area contributed by atoms with Gasteiger partial charge in [0.05, 0.1) is 18.8 Å². The zero-order valence-corrected chi connectivity index (χ0v) is 25.1. The zero-order valence-electron chi connectivity index (χ0n) is 22.5. The molecule has 0 unspecified atom stereocenters. The third-order valence-corrected chi connectivity index (χ3v) is 13.0. The minimum absolute atomic E-state index is 0.00353. The molecule has 1 saturated heterocycles. The molecule has 1 fully saturated rings. The van der Waals surface area contributed by atoms with E-state index in [2.05, 4.69) is 79.8 Å². The lowest BCUT2D eigenvalue weighted by Crippen LogP contribution is -2.49. The molecule has 35 heavy (non-hydrogen) atoms. The van der Waals surface area contributed by atoms with Crippen molar-refractivity contribution in [3.05, 3.63) is 69.4 Å². The van der Waals surface area contributed by atoms with Crippen molar-refractivity contribution in [2.75, 3.05) is 19.7 Å². The molecule has 0 aromatic heterocycles. The molecule has 6 heteroatoms. The number of nitrogens with zero attached hydrogens (tertiary/aromatic N) is 1. The molecule has 1 heterocycles. The van der Waals surface area contributed by atoms with E-state index in [9.17, 15) is 4.39 Å². The average Bonchev–Trinajstić information content (AvgIpc) is 3.20. The molecule has 0 spiro atoms. The molecule has 3 nitrogen and oxygen atoms in total. The van der Waals surface area contributed by atoms with Crippen LogP contribution < -0.4 is 0 Å². The quantitative estimate of drug-likeness (QED) is 0.273. The summed E-state index contributed by atoms with van der Waals surface area (Å²) in [5.41, 5.74) is 2.93. The molecule has 3 atom stereocenters. The zero-order chi connectivity index (χ0) is 25.8. The van der Waals surface area contributed by atoms with E-state index in [1.54, 1.807) is 6.07 Å². The van der Waals surface area contributed by atoms with Crippen LogP contribution in [0.1, 0.15) is 63.3 Å². The van der Waals surface area contributed by atoms with E-state index in [-0.39, 0.29) is 23.1 Å². The largest absolute Gasteiger partial charge is 0.410 e. The normalized spacial score (nSPS) is 19.2. The van der Waals surface area contributed by atoms with Crippen molar-refractivity contribution >= 4 is 24.2 Å². The highest BCUT2D eigenvalue weighted by Gasteiger charge is 2.40. The number of benzene rings is 2. The number of hydrogen-bond donors (Lipinski definition) is 0. The fourth-order valence-electron chi connectivity index (χ4n) is 4.53. The Kier molecular flexibility index (Phi) is 9.77. The first-order chi connectivity index (χ1) is 16.4. The molecule has 1 aliphatic heterocycles. The second-order valence-corrected chi connectivity index (χ2v) is 17.2. The van der Waals surface area contributed by atoms with Gasteiger partial charge in [-0.15, -0.1) is 0 Å². The van der Waals surface area contributed by atoms with E-state index < -0.39 is 8.32 Å². The number of aryl methyl sites for hydroxylation is 1. The van der Waals surface area contributed by atoms with Crippen LogP contribution in [0.3, 0.4) is 0 Å². The van der Waals surface area contributed by atoms with Gasteiger partial charge in [0.2, 0.25) is 0 Å². The molecule has 1 aliphatic rings. The predicted octanol–water partition coefficient (Wildman–Crippen LogP) is 8.07. The van der Waals surface area contributed by atoms with E-state index in [0.29, 0.717) is 18.2 Å². The SMILES string of the molecule is Cc1ccc(C[C@@H]2CCCN2C[C@H](CO[C@H](C)c2ccccc2Br)O[Si](C)(C)C(C)(C)C)cc1F. The third-order valence-electron chi connectivity index (χ3n) is 7.79. The highest BCUT2D eigenvalue weighted by Crippen LogP contribution is 2.38. The van der Waals surface area contributed by atoms with Gasteiger partial charge < -0.3 is 9.16 Å². The van der Waals surface area contributed by atoms with Gasteiger partial charge in [-0.1, -0.05) is 67.0 Å². The van der Waals surface area contributed by atoms with Crippen LogP contribution in [0.2, 0.25) is 18.1 Å². The molecular formula is C29H43BrFNO2Si. The predicted molar refractivity (Wildman–Crippen MR) is 150 cm³/mol. The van der Waals surface area contributed by atoms with Gasteiger partial charge in [0, 0.05) is 17.1 Å². The lowest BCUT2D eigenvalue weighted by molar-refractivity contribution is -0.0120. The molecule has 194 valence electrons. The van der Waals surface area contributed by atoms with Gasteiger partial charge >= 0.3 is 0 Å². The number of rotatable bonds is 10. The highest BCUT2D eigenvalue weighted by atomic mass is 79.9. The maximum absolute atomic E-state index is 14.2. The van der Waals surface area contributed by atoms with Crippen molar-refractivity contribution in [2.45, 2.75) is 90.3 Å². The van der Waals surface area contributed by atoms with Crippen LogP contribution in [-0.2, 0) is 15.6 Å². The number of hydrogen-bond acceptors (Lipinski definition) is 3. The fourth-order valence-corrected chi connectivity index (χ4v) is 6.46. The number of likely N-dealkylation sites (tertiary alicyclic amines) is 1. The van der Waals surface area contributed by atoms with Crippen LogP contribution in [0.25, 0.3) is 0 Å². The summed E-state index contributed by atoms with van der Waals surface area (Å²) >= 11 is 3.66. The Morgan fingerprint density at radius 2 is 1.89 bits per heavy atom. The minimum atomic E-state index is -1.98. The van der Waals surface area contributed by atoms with E-state index >= 15 is 0 Å². The van der Waals surface area contributed by atoms with Gasteiger partial charge in [-0.3, -0.25) is 4.90 Å². The lowest BCUT2D eigenvalue weighted by atomic mass is 10.0. The van der Waals surface area contributed by atoms with Crippen molar-refractivity contribution in [1.29, 1.82) is 0 Å². The number of ether oxygens (including phenoxy) is 1. The van der Waals surface area contributed by atoms with Gasteiger partial charge in [-0.05, 0) is 86.6 Å². The van der Waals surface area contributed by atoms with Gasteiger partial charge in [0.25, 0.3) is 0 Å². The Labute approximate surface area is 221 Å². The van der Waals surface area contributed by atoms with E-state index in [1.165, 1.54) is 6.42 Å². The van der Waals surface area contributed by atoms with Crippen LogP contribution in [0, 0.1) is 12.7 Å². The summed E-state index contributed by atoms with van der Waals surface area (Å²) in [5, 5.41) is 0.128. The lowest BCUT2D eigenvalue weighted by Gasteiger charge is -2.41. The first-order valence-electron chi connectivity index (χ1n) is 12.9. The topological polar surface area (TPSA) is 21.7 Å². The smallest absolute Gasteiger partial charge is 0.192 e. The average molecular weight is 565 g/mol. The van der Waals surface area contributed by atoms with Gasteiger partial charge in [0.1, 0.15) is 5.82 Å². The van der Waals surface area contributed by atoms with Crippen LogP contribution in [0.5, 0.6) is 0 Å². The first-order valence-corrected chi connectivity index (χ1v) is 16.6. The molecule has 0 bridgehead atoms. The van der Waals surface area contributed by atoms with E-state index in [4.69, 9.17) is 9.16 Å². The number of halogens is 2. The Hall–Kier alpha value is -1.05. The Balaban J connectivity index is 1.72. The van der Waals surface area contributed by atoms with Crippen molar-refractivity contribution < 1.29 is 13.6 Å². The molecule has 0 radical (unpaired) electrons. The van der Waals surface area contributed by atoms with Crippen LogP contribution in [0.4, 0.5) is 4.39 Å². The molecule has 0 N–H and O–H groups in total. The standard InChI is InChI=1S/C29H43BrFNO2Si/c1-21-14-15-23(18-28(21)31)17-24-11-10-16-32(24)19-25(34-35(6,7)29(3,4)5)20-33-22(2)26-12-8-9-13-27(26)30/h8-9,12-15,18,22,24-25H,10-11,16-17,19-20H2,1-7H3/t22-,24+,25-/m1/s1. The van der Waals surface area contributed by atoms with Crippen LogP contribution in [-0.4, -0.2) is 45.1 Å². The molecule has 0 amide bonds. The van der Waals surface area contributed by atoms with Gasteiger partial charge in [-0.25, -0.2) is 4.39 Å². The van der Waals surface area contributed by atoms with Gasteiger partial charge in [-0.2, -0.15) is 0 Å². The summed E-state index contributed by atoms with van der Waals surface area (Å²) < 4.78 is 28.6. The third kappa shape index (κ3) is 7.72. The summed E-state index contributed by atoms with van der Waals surface area (Å²) in [6.07, 6.45) is 3.15. The van der Waals surface area contributed by atoms with Crippen molar-refractivity contribution in [3.63, 3.8) is 0 Å². The van der Waals surface area contributed by atoms with Gasteiger partial charge in [0.15, 0.2) is 8.32 Å². The highest BCUT2D eigenvalue weighted by molar-refractivity contribution is 9.10. The molecule has 0 saturated carbocycles. The maximum Gasteiger partial charge on any atom is 0.192 e. The molecule has 2 aromatic rings. The first kappa shape index (κ1) is 28.5. The second-order valence-electron chi connectivity index (χ2n) is 11.6. The molecule has 2 aromatic carbocycles. The minimum Gasteiger partial charge on any atom is -0.410 e. The van der Waals surface area contributed by atoms with Crippen molar-refractivity contribution in [2.24, 2.45) is 0 Å². The summed E-state index contributed by atoms with van der Waals surface area (Å²) in [5.74, 6) is -0.111. The summed E-state index contributed by atoms with van der Waals surface area (Å²) in [4.78, 5) is 2.54. The van der Waals surface area contributed by atoms with Crippen molar-refractivity contribution in [1.82, 2.24) is 4.90 Å². The maximum atomic E-state index is 14.2. The summed E-state index contributed by atoms with van der Waals surface area (Å²) in [6, 6.07) is 14.3.